The molecule has 0 radical (unpaired) electrons. The van der Waals surface area contributed by atoms with Gasteiger partial charge in [-0.3, -0.25) is 0 Å². The Balaban J connectivity index is 1.40. The average molecular weight is 373 g/mol. The first kappa shape index (κ1) is 17.2. The van der Waals surface area contributed by atoms with Crippen molar-refractivity contribution in [3.8, 4) is 0 Å². The lowest BCUT2D eigenvalue weighted by Crippen LogP contribution is -2.49. The molecule has 4 rings (SSSR count). The van der Waals surface area contributed by atoms with Crippen molar-refractivity contribution in [2.45, 2.75) is 17.7 Å². The summed E-state index contributed by atoms with van der Waals surface area (Å²) in [7, 11) is -3.42. The van der Waals surface area contributed by atoms with Gasteiger partial charge in [-0.05, 0) is 37.1 Å². The molecule has 2 saturated heterocycles. The first-order valence-corrected chi connectivity index (χ1v) is 10.5. The Bertz CT molecular complexity index is 828. The number of nitrogens with zero attached hydrogens (tertiary/aromatic N) is 5. The normalized spacial score (nSPS) is 19.1. The van der Waals surface area contributed by atoms with Crippen LogP contribution in [0, 0.1) is 0 Å². The first-order chi connectivity index (χ1) is 12.6. The largest absolute Gasteiger partial charge is 0.355 e. The van der Waals surface area contributed by atoms with Crippen LogP contribution in [-0.2, 0) is 10.0 Å². The van der Waals surface area contributed by atoms with Crippen molar-refractivity contribution >= 4 is 21.7 Å². The van der Waals surface area contributed by atoms with Gasteiger partial charge in [0.05, 0.1) is 4.90 Å². The van der Waals surface area contributed by atoms with Crippen LogP contribution in [0.4, 0.5) is 11.6 Å². The third kappa shape index (κ3) is 3.39. The summed E-state index contributed by atoms with van der Waals surface area (Å²) in [6.45, 7) is 4.22. The molecule has 2 aliphatic rings. The molecule has 7 nitrogen and oxygen atoms in total. The molecule has 8 heteroatoms. The quantitative estimate of drug-likeness (QED) is 0.811. The fourth-order valence-electron chi connectivity index (χ4n) is 3.50. The molecule has 2 fully saturated rings. The molecular formula is C18H23N5O2S. The molecular weight excluding hydrogens is 350 g/mol. The Kier molecular flexibility index (Phi) is 4.78. The van der Waals surface area contributed by atoms with E-state index in [1.54, 1.807) is 28.6 Å². The van der Waals surface area contributed by atoms with Gasteiger partial charge in [0.15, 0.2) is 11.6 Å². The van der Waals surface area contributed by atoms with Gasteiger partial charge in [-0.2, -0.15) is 4.31 Å². The second-order valence-electron chi connectivity index (χ2n) is 6.65. The van der Waals surface area contributed by atoms with Crippen molar-refractivity contribution in [3.63, 3.8) is 0 Å². The highest BCUT2D eigenvalue weighted by atomic mass is 32.2. The van der Waals surface area contributed by atoms with Gasteiger partial charge in [0, 0.05) is 39.3 Å². The van der Waals surface area contributed by atoms with Crippen molar-refractivity contribution in [1.29, 1.82) is 0 Å². The number of hydrogen-bond donors (Lipinski definition) is 0. The molecule has 0 spiro atoms. The maximum atomic E-state index is 12.7. The lowest BCUT2D eigenvalue weighted by molar-refractivity contribution is 0.383. The molecule has 0 N–H and O–H groups in total. The fourth-order valence-corrected chi connectivity index (χ4v) is 4.94. The average Bonchev–Trinajstić information content (AvgIpc) is 3.24. The molecule has 2 aliphatic heterocycles. The molecule has 1 aromatic carbocycles. The first-order valence-electron chi connectivity index (χ1n) is 9.03. The van der Waals surface area contributed by atoms with E-state index in [-0.39, 0.29) is 0 Å². The van der Waals surface area contributed by atoms with E-state index in [9.17, 15) is 8.42 Å². The number of benzene rings is 1. The molecule has 138 valence electrons. The van der Waals surface area contributed by atoms with Gasteiger partial charge in [0.2, 0.25) is 10.0 Å². The zero-order chi connectivity index (χ0) is 18.0. The summed E-state index contributed by atoms with van der Waals surface area (Å²) in [5, 5.41) is 8.71. The van der Waals surface area contributed by atoms with Crippen LogP contribution in [0.3, 0.4) is 0 Å². The van der Waals surface area contributed by atoms with Crippen LogP contribution in [0.2, 0.25) is 0 Å². The van der Waals surface area contributed by atoms with E-state index in [4.69, 9.17) is 0 Å². The fraction of sp³-hybridized carbons (Fsp3) is 0.444. The van der Waals surface area contributed by atoms with Gasteiger partial charge in [0.25, 0.3) is 0 Å². The lowest BCUT2D eigenvalue weighted by Gasteiger charge is -2.34. The number of rotatable bonds is 4. The number of piperazine rings is 1. The topological polar surface area (TPSA) is 69.6 Å². The van der Waals surface area contributed by atoms with Gasteiger partial charge < -0.3 is 9.80 Å². The predicted octanol–water partition coefficient (Wildman–Crippen LogP) is 1.59. The van der Waals surface area contributed by atoms with Crippen molar-refractivity contribution in [3.05, 3.63) is 42.5 Å². The third-order valence-electron chi connectivity index (χ3n) is 5.01. The standard InChI is InChI=1S/C18H23N5O2S/c24-26(25,16-6-2-1-3-7-16)23-14-12-22(13-15-23)18-9-8-17(19-20-18)21-10-4-5-11-21/h1-3,6-9H,4-5,10-15H2. The second-order valence-corrected chi connectivity index (χ2v) is 8.59. The van der Waals surface area contributed by atoms with Gasteiger partial charge in [-0.25, -0.2) is 8.42 Å². The molecule has 26 heavy (non-hydrogen) atoms. The van der Waals surface area contributed by atoms with E-state index in [0.29, 0.717) is 31.1 Å². The molecule has 0 unspecified atom stereocenters. The smallest absolute Gasteiger partial charge is 0.243 e. The molecule has 0 aliphatic carbocycles. The molecule has 0 bridgehead atoms. The molecule has 3 heterocycles. The third-order valence-corrected chi connectivity index (χ3v) is 6.92. The Labute approximate surface area is 154 Å². The van der Waals surface area contributed by atoms with E-state index in [2.05, 4.69) is 20.0 Å². The zero-order valence-electron chi connectivity index (χ0n) is 14.7. The maximum absolute atomic E-state index is 12.7. The Hall–Kier alpha value is -2.19. The van der Waals surface area contributed by atoms with Crippen LogP contribution in [0.15, 0.2) is 47.4 Å². The Morgan fingerprint density at radius 3 is 1.77 bits per heavy atom. The van der Waals surface area contributed by atoms with Crippen LogP contribution >= 0.6 is 0 Å². The Morgan fingerprint density at radius 2 is 1.23 bits per heavy atom. The monoisotopic (exact) mass is 373 g/mol. The number of aromatic nitrogens is 2. The molecule has 0 amide bonds. The van der Waals surface area contributed by atoms with Gasteiger partial charge >= 0.3 is 0 Å². The van der Waals surface area contributed by atoms with Crippen molar-refractivity contribution < 1.29 is 8.42 Å². The summed E-state index contributed by atoms with van der Waals surface area (Å²) in [6, 6.07) is 12.6. The number of anilines is 2. The van der Waals surface area contributed by atoms with E-state index in [0.717, 1.165) is 24.7 Å². The number of sulfonamides is 1. The van der Waals surface area contributed by atoms with E-state index in [1.165, 1.54) is 12.8 Å². The molecule has 0 saturated carbocycles. The maximum Gasteiger partial charge on any atom is 0.243 e. The van der Waals surface area contributed by atoms with Crippen LogP contribution in [0.5, 0.6) is 0 Å². The Morgan fingerprint density at radius 1 is 0.692 bits per heavy atom. The molecule has 0 atom stereocenters. The highest BCUT2D eigenvalue weighted by Crippen LogP contribution is 2.22. The minimum Gasteiger partial charge on any atom is -0.355 e. The van der Waals surface area contributed by atoms with Gasteiger partial charge in [-0.1, -0.05) is 18.2 Å². The van der Waals surface area contributed by atoms with Crippen molar-refractivity contribution in [2.75, 3.05) is 49.1 Å². The summed E-state index contributed by atoms with van der Waals surface area (Å²) < 4.78 is 26.9. The summed E-state index contributed by atoms with van der Waals surface area (Å²) in [6.07, 6.45) is 2.42. The van der Waals surface area contributed by atoms with Crippen LogP contribution in [0.25, 0.3) is 0 Å². The van der Waals surface area contributed by atoms with Crippen LogP contribution in [0.1, 0.15) is 12.8 Å². The van der Waals surface area contributed by atoms with Crippen molar-refractivity contribution in [1.82, 2.24) is 14.5 Å². The van der Waals surface area contributed by atoms with Crippen LogP contribution < -0.4 is 9.80 Å². The molecule has 1 aromatic heterocycles. The molecule has 2 aromatic rings. The summed E-state index contributed by atoms with van der Waals surface area (Å²) in [5.74, 6) is 1.74. The van der Waals surface area contributed by atoms with E-state index in [1.807, 2.05) is 18.2 Å². The van der Waals surface area contributed by atoms with Gasteiger partial charge in [-0.15, -0.1) is 10.2 Å². The predicted molar refractivity (Wildman–Crippen MR) is 101 cm³/mol. The number of hydrogen-bond acceptors (Lipinski definition) is 6. The highest BCUT2D eigenvalue weighted by molar-refractivity contribution is 7.89. The zero-order valence-corrected chi connectivity index (χ0v) is 15.5. The minimum atomic E-state index is -3.42. The second kappa shape index (κ2) is 7.20. The SMILES string of the molecule is O=S(=O)(c1ccccc1)N1CCN(c2ccc(N3CCCC3)nn2)CC1. The van der Waals surface area contributed by atoms with E-state index < -0.39 is 10.0 Å². The van der Waals surface area contributed by atoms with Gasteiger partial charge in [0.1, 0.15) is 0 Å². The minimum absolute atomic E-state index is 0.350. The summed E-state index contributed by atoms with van der Waals surface area (Å²) in [5.41, 5.74) is 0. The highest BCUT2D eigenvalue weighted by Gasteiger charge is 2.29. The summed E-state index contributed by atoms with van der Waals surface area (Å²) in [4.78, 5) is 4.70. The summed E-state index contributed by atoms with van der Waals surface area (Å²) >= 11 is 0. The van der Waals surface area contributed by atoms with Crippen molar-refractivity contribution in [2.24, 2.45) is 0 Å². The lowest BCUT2D eigenvalue weighted by atomic mass is 10.3. The van der Waals surface area contributed by atoms with E-state index >= 15 is 0 Å². The van der Waals surface area contributed by atoms with Crippen LogP contribution in [-0.4, -0.2) is 62.2 Å².